The summed E-state index contributed by atoms with van der Waals surface area (Å²) in [5.74, 6) is -1.06. The Labute approximate surface area is 137 Å². The number of benzene rings is 1. The molecule has 1 fully saturated rings. The molecule has 0 atom stereocenters. The minimum atomic E-state index is -0.662. The van der Waals surface area contributed by atoms with Crippen molar-refractivity contribution < 1.29 is 30.5 Å². The molecule has 1 saturated carbocycles. The summed E-state index contributed by atoms with van der Waals surface area (Å²) in [5.41, 5.74) is 8.49. The van der Waals surface area contributed by atoms with Crippen molar-refractivity contribution in [1.29, 1.82) is 0 Å². The summed E-state index contributed by atoms with van der Waals surface area (Å²) in [7, 11) is 0. The molecule has 1 aliphatic rings. The van der Waals surface area contributed by atoms with Crippen molar-refractivity contribution in [2.45, 2.75) is 18.9 Å². The molecule has 1 N–H and O–H groups in total. The molecule has 2 aromatic heterocycles. The topological polar surface area (TPSA) is 50.9 Å². The number of para-hydroxylation sites is 1. The van der Waals surface area contributed by atoms with Gasteiger partial charge in [-0.1, -0.05) is 0 Å². The molecule has 4 nitrogen and oxygen atoms in total. The molecular weight excluding hydrogens is 395 g/mol. The number of nitrogens with zero attached hydrogens (tertiary/aromatic N) is 3. The molecule has 0 aliphatic heterocycles. The van der Waals surface area contributed by atoms with Gasteiger partial charge >= 0.3 is 138 Å². The van der Waals surface area contributed by atoms with Gasteiger partial charge < -0.3 is 0 Å². The predicted octanol–water partition coefficient (Wildman–Crippen LogP) is -0.380. The van der Waals surface area contributed by atoms with Crippen LogP contribution >= 0.6 is 0 Å². The van der Waals surface area contributed by atoms with Crippen LogP contribution in [0.2, 0.25) is 0 Å². The van der Waals surface area contributed by atoms with Gasteiger partial charge in [-0.2, -0.15) is 0 Å². The van der Waals surface area contributed by atoms with Gasteiger partial charge in [0, 0.05) is 0 Å². The van der Waals surface area contributed by atoms with Crippen LogP contribution in [0.15, 0.2) is 30.3 Å². The average molecular weight is 406 g/mol. The molecule has 0 saturated heterocycles. The van der Waals surface area contributed by atoms with E-state index in [-0.39, 0.29) is 0 Å². The third kappa shape index (κ3) is 2.18. The first kappa shape index (κ1) is 14.0. The van der Waals surface area contributed by atoms with Crippen LogP contribution in [0.1, 0.15) is 18.9 Å². The first-order chi connectivity index (χ1) is 10.7. The number of phenolic OH excluding ortho intramolecular Hbond substituents is 1. The number of hydrogen-bond donors (Lipinski definition) is 1. The number of fused-ring (bicyclic) bond motifs is 1. The normalized spacial score (nSPS) is 14.8. The van der Waals surface area contributed by atoms with Gasteiger partial charge in [-0.25, -0.2) is 0 Å². The Balaban J connectivity index is 1.93. The predicted molar refractivity (Wildman–Crippen MR) is 77.3 cm³/mol. The van der Waals surface area contributed by atoms with Gasteiger partial charge in [0.25, 0.3) is 0 Å². The third-order valence-electron chi connectivity index (χ3n) is 3.83. The van der Waals surface area contributed by atoms with E-state index in [4.69, 9.17) is 5.70 Å². The maximum absolute atomic E-state index is 13.5. The summed E-state index contributed by atoms with van der Waals surface area (Å²) in [6.07, 6.45) is 2.28. The molecule has 0 spiro atoms. The molecule has 0 bridgehead atoms. The van der Waals surface area contributed by atoms with Crippen molar-refractivity contribution in [3.63, 3.8) is 0 Å². The summed E-state index contributed by atoms with van der Waals surface area (Å²) in [5, 5.41) is 18.3. The second-order valence-corrected chi connectivity index (χ2v) is 7.04. The molecule has 3 aromatic rings. The Morgan fingerprint density at radius 2 is 2.09 bits per heavy atom. The van der Waals surface area contributed by atoms with E-state index >= 15 is 0 Å². The fraction of sp³-hybridized carbons (Fsp3) is 0.200. The van der Waals surface area contributed by atoms with Gasteiger partial charge in [0.15, 0.2) is 0 Å². The molecule has 0 amide bonds. The van der Waals surface area contributed by atoms with Gasteiger partial charge in [-0.15, -0.1) is 0 Å². The van der Waals surface area contributed by atoms with Crippen molar-refractivity contribution in [1.82, 2.24) is 14.8 Å². The number of hydrogen-bond acceptors (Lipinski definition) is 3. The van der Waals surface area contributed by atoms with Crippen LogP contribution in [-0.4, -0.2) is 25.6 Å². The Bertz CT molecular complexity index is 879. The number of halogens is 2. The molecular formula is C15H11BFIN3O-. The summed E-state index contributed by atoms with van der Waals surface area (Å²) in [6.45, 7) is 0. The van der Waals surface area contributed by atoms with Crippen LogP contribution in [0.4, 0.5) is 4.39 Å². The van der Waals surface area contributed by atoms with Gasteiger partial charge in [0.05, 0.1) is 0 Å². The standard InChI is InChI=1S/C15H11BFIN3O/c16-18-14-7-12-13(21(14)8-4-5-8)6-11(19-20-12)9-2-1-3-10(17)15(9)22/h1-3,6-8,22H,4-5H2/q-1. The van der Waals surface area contributed by atoms with Crippen molar-refractivity contribution in [2.24, 2.45) is 0 Å². The monoisotopic (exact) mass is 406 g/mol. The van der Waals surface area contributed by atoms with Crippen LogP contribution in [0, 0.1) is 9.52 Å². The van der Waals surface area contributed by atoms with Crippen LogP contribution in [-0.2, 0) is 0 Å². The second kappa shape index (κ2) is 5.22. The van der Waals surface area contributed by atoms with Crippen LogP contribution in [0.5, 0.6) is 5.75 Å². The SMILES string of the molecule is [B][I-]c1cc2nnc(-c3cccc(F)c3O)cc2n1C1CC1. The Morgan fingerprint density at radius 1 is 1.27 bits per heavy atom. The van der Waals surface area contributed by atoms with Gasteiger partial charge in [0.2, 0.25) is 0 Å². The quantitative estimate of drug-likeness (QED) is 0.477. The number of rotatable bonds is 3. The first-order valence-corrected chi connectivity index (χ1v) is 9.21. The van der Waals surface area contributed by atoms with E-state index in [1.165, 1.54) is 6.07 Å². The van der Waals surface area contributed by atoms with E-state index in [0.717, 1.165) is 27.6 Å². The van der Waals surface area contributed by atoms with E-state index in [1.54, 1.807) is 12.1 Å². The summed E-state index contributed by atoms with van der Waals surface area (Å²) < 4.78 is 16.9. The third-order valence-corrected chi connectivity index (χ3v) is 5.30. The van der Waals surface area contributed by atoms with E-state index in [1.807, 2.05) is 12.1 Å². The number of phenols is 1. The van der Waals surface area contributed by atoms with Gasteiger partial charge in [-0.05, 0) is 0 Å². The van der Waals surface area contributed by atoms with Crippen LogP contribution in [0.25, 0.3) is 22.3 Å². The molecule has 2 radical (unpaired) electrons. The Kier molecular flexibility index (Phi) is 3.32. The second-order valence-electron chi connectivity index (χ2n) is 5.31. The molecule has 4 rings (SSSR count). The minimum absolute atomic E-state index is 0.349. The molecule has 7 heteroatoms. The van der Waals surface area contributed by atoms with E-state index in [2.05, 4.69) is 14.8 Å². The molecule has 2 heterocycles. The summed E-state index contributed by atoms with van der Waals surface area (Å²) in [6, 6.07) is 8.73. The van der Waals surface area contributed by atoms with Crippen LogP contribution in [0.3, 0.4) is 0 Å². The van der Waals surface area contributed by atoms with Crippen molar-refractivity contribution in [3.8, 4) is 17.0 Å². The van der Waals surface area contributed by atoms with Gasteiger partial charge in [-0.3, -0.25) is 0 Å². The molecule has 22 heavy (non-hydrogen) atoms. The molecule has 1 aliphatic carbocycles. The Morgan fingerprint density at radius 3 is 2.82 bits per heavy atom. The van der Waals surface area contributed by atoms with Crippen molar-refractivity contribution >= 4 is 16.7 Å². The van der Waals surface area contributed by atoms with E-state index < -0.39 is 32.6 Å². The van der Waals surface area contributed by atoms with Crippen LogP contribution < -0.4 is 21.0 Å². The van der Waals surface area contributed by atoms with Crippen molar-refractivity contribution in [3.05, 3.63) is 39.8 Å². The zero-order valence-corrected chi connectivity index (χ0v) is 13.7. The Hall–Kier alpha value is -1.64. The summed E-state index contributed by atoms with van der Waals surface area (Å²) in [4.78, 5) is 0. The molecule has 110 valence electrons. The van der Waals surface area contributed by atoms with E-state index in [0.29, 0.717) is 17.3 Å². The fourth-order valence-corrected chi connectivity index (χ4v) is 4.05. The fourth-order valence-electron chi connectivity index (χ4n) is 2.63. The zero-order chi connectivity index (χ0) is 15.3. The first-order valence-electron chi connectivity index (χ1n) is 6.89. The van der Waals surface area contributed by atoms with Crippen molar-refractivity contribution in [2.75, 3.05) is 0 Å². The summed E-state index contributed by atoms with van der Waals surface area (Å²) >= 11 is -0.545. The number of aromatic nitrogens is 3. The zero-order valence-electron chi connectivity index (χ0n) is 11.5. The molecule has 1 aromatic carbocycles. The number of aromatic hydroxyl groups is 1. The van der Waals surface area contributed by atoms with Gasteiger partial charge in [0.1, 0.15) is 0 Å². The molecule has 0 unspecified atom stereocenters. The maximum atomic E-state index is 13.5. The van der Waals surface area contributed by atoms with E-state index in [9.17, 15) is 9.50 Å². The average Bonchev–Trinajstić information content (AvgIpc) is 3.29.